The van der Waals surface area contributed by atoms with Gasteiger partial charge in [0.1, 0.15) is 11.9 Å². The molecule has 5 rings (SSSR count). The summed E-state index contributed by atoms with van der Waals surface area (Å²) in [6.07, 6.45) is 9.26. The first-order chi connectivity index (χ1) is 13.8. The molecule has 1 unspecified atom stereocenters. The second-order valence-electron chi connectivity index (χ2n) is 8.20. The molecule has 0 spiro atoms. The SMILES string of the molecule is CN1CCC(OC2c3ccccc3CCn3cc(C4=CCSCC4)nc32)CC1. The van der Waals surface area contributed by atoms with Crippen molar-refractivity contribution in [3.8, 4) is 0 Å². The average Bonchev–Trinajstić information content (AvgIpc) is 3.11. The lowest BCUT2D eigenvalue weighted by molar-refractivity contribution is -0.0275. The molecule has 1 saturated heterocycles. The molecule has 1 atom stereocenters. The molecule has 1 aromatic heterocycles. The molecule has 1 fully saturated rings. The number of allylic oxidation sites excluding steroid dienone is 1. The van der Waals surface area contributed by atoms with Crippen molar-refractivity contribution in [1.29, 1.82) is 0 Å². The Morgan fingerprint density at radius 2 is 1.96 bits per heavy atom. The topological polar surface area (TPSA) is 30.3 Å². The standard InChI is InChI=1S/C23H29N3OS/c1-25-11-7-19(8-12-25)27-22-20-5-3-2-4-17(20)6-13-26-16-21(24-23(22)26)18-9-14-28-15-10-18/h2-5,9,16,19,22H,6-8,10-15H2,1H3. The number of benzene rings is 1. The average molecular weight is 396 g/mol. The highest BCUT2D eigenvalue weighted by molar-refractivity contribution is 7.99. The third-order valence-corrected chi connectivity index (χ3v) is 7.18. The minimum absolute atomic E-state index is 0.0561. The smallest absolute Gasteiger partial charge is 0.143 e. The first-order valence-electron chi connectivity index (χ1n) is 10.5. The van der Waals surface area contributed by atoms with E-state index in [-0.39, 0.29) is 6.10 Å². The molecule has 148 valence electrons. The van der Waals surface area contributed by atoms with Crippen molar-refractivity contribution in [2.24, 2.45) is 0 Å². The summed E-state index contributed by atoms with van der Waals surface area (Å²) < 4.78 is 9.14. The maximum Gasteiger partial charge on any atom is 0.143 e. The number of piperidine rings is 1. The Morgan fingerprint density at radius 3 is 2.79 bits per heavy atom. The number of aryl methyl sites for hydroxylation is 2. The van der Waals surface area contributed by atoms with Crippen LogP contribution in [0, 0.1) is 0 Å². The van der Waals surface area contributed by atoms with Crippen molar-refractivity contribution in [3.63, 3.8) is 0 Å². The molecule has 4 heterocycles. The molecule has 3 aliphatic rings. The van der Waals surface area contributed by atoms with E-state index in [1.807, 2.05) is 11.8 Å². The van der Waals surface area contributed by atoms with Gasteiger partial charge >= 0.3 is 0 Å². The molecule has 0 bridgehead atoms. The summed E-state index contributed by atoms with van der Waals surface area (Å²) in [6.45, 7) is 3.21. The Balaban J connectivity index is 1.50. The zero-order chi connectivity index (χ0) is 18.9. The molecule has 0 aliphatic carbocycles. The number of thioether (sulfide) groups is 1. The molecule has 0 saturated carbocycles. The van der Waals surface area contributed by atoms with Crippen molar-refractivity contribution in [2.75, 3.05) is 31.6 Å². The van der Waals surface area contributed by atoms with Crippen LogP contribution >= 0.6 is 11.8 Å². The summed E-state index contributed by atoms with van der Waals surface area (Å²) in [4.78, 5) is 7.54. The molecule has 0 radical (unpaired) electrons. The number of hydrogen-bond donors (Lipinski definition) is 0. The summed E-state index contributed by atoms with van der Waals surface area (Å²) in [6, 6.07) is 8.80. The fourth-order valence-electron chi connectivity index (χ4n) is 4.58. The highest BCUT2D eigenvalue weighted by Crippen LogP contribution is 2.36. The molecule has 28 heavy (non-hydrogen) atoms. The zero-order valence-corrected chi connectivity index (χ0v) is 17.5. The van der Waals surface area contributed by atoms with Crippen molar-refractivity contribution in [2.45, 2.75) is 44.4 Å². The van der Waals surface area contributed by atoms with Crippen LogP contribution in [0.15, 0.2) is 36.5 Å². The van der Waals surface area contributed by atoms with Crippen LogP contribution in [0.3, 0.4) is 0 Å². The number of fused-ring (bicyclic) bond motifs is 2. The molecule has 2 aromatic rings. The van der Waals surface area contributed by atoms with Gasteiger partial charge in [-0.05, 0) is 55.2 Å². The van der Waals surface area contributed by atoms with Crippen molar-refractivity contribution in [3.05, 3.63) is 59.2 Å². The maximum absolute atomic E-state index is 6.78. The van der Waals surface area contributed by atoms with Crippen LogP contribution < -0.4 is 0 Å². The number of nitrogens with zero attached hydrogens (tertiary/aromatic N) is 3. The summed E-state index contributed by atoms with van der Waals surface area (Å²) in [7, 11) is 2.20. The van der Waals surface area contributed by atoms with Crippen molar-refractivity contribution < 1.29 is 4.74 Å². The Hall–Kier alpha value is -1.56. The molecular formula is C23H29N3OS. The largest absolute Gasteiger partial charge is 0.362 e. The summed E-state index contributed by atoms with van der Waals surface area (Å²) >= 11 is 2.01. The van der Waals surface area contributed by atoms with Crippen molar-refractivity contribution >= 4 is 17.3 Å². The molecule has 1 aromatic carbocycles. The van der Waals surface area contributed by atoms with Gasteiger partial charge in [0.15, 0.2) is 0 Å². The van der Waals surface area contributed by atoms with Crippen LogP contribution in [0.25, 0.3) is 5.57 Å². The second-order valence-corrected chi connectivity index (χ2v) is 9.35. The van der Waals surface area contributed by atoms with Gasteiger partial charge in [-0.2, -0.15) is 11.8 Å². The van der Waals surface area contributed by atoms with E-state index in [4.69, 9.17) is 9.72 Å². The summed E-state index contributed by atoms with van der Waals surface area (Å²) in [5.41, 5.74) is 5.28. The fourth-order valence-corrected chi connectivity index (χ4v) is 5.43. The minimum Gasteiger partial charge on any atom is -0.362 e. The second kappa shape index (κ2) is 8.05. The Bertz CT molecular complexity index is 866. The Labute approximate surface area is 172 Å². The highest BCUT2D eigenvalue weighted by atomic mass is 32.2. The lowest BCUT2D eigenvalue weighted by Crippen LogP contribution is -2.35. The Kier molecular flexibility index (Phi) is 5.31. The van der Waals surface area contributed by atoms with Gasteiger partial charge in [0.25, 0.3) is 0 Å². The molecular weight excluding hydrogens is 366 g/mol. The number of aromatic nitrogens is 2. The van der Waals surface area contributed by atoms with Gasteiger partial charge in [-0.3, -0.25) is 0 Å². The lowest BCUT2D eigenvalue weighted by atomic mass is 10.00. The van der Waals surface area contributed by atoms with E-state index in [0.717, 1.165) is 62.6 Å². The normalized spacial score (nSPS) is 23.6. The maximum atomic E-state index is 6.78. The Morgan fingerprint density at radius 1 is 1.11 bits per heavy atom. The van der Waals surface area contributed by atoms with Crippen LogP contribution in [0.5, 0.6) is 0 Å². The van der Waals surface area contributed by atoms with Gasteiger partial charge in [0, 0.05) is 31.6 Å². The number of rotatable bonds is 3. The van der Waals surface area contributed by atoms with Crippen molar-refractivity contribution in [1.82, 2.24) is 14.5 Å². The van der Waals surface area contributed by atoms with Crippen LogP contribution in [0.2, 0.25) is 0 Å². The fraction of sp³-hybridized carbons (Fsp3) is 0.522. The monoisotopic (exact) mass is 395 g/mol. The van der Waals surface area contributed by atoms with Gasteiger partial charge in [-0.1, -0.05) is 30.3 Å². The quantitative estimate of drug-likeness (QED) is 0.781. The predicted octanol–water partition coefficient (Wildman–Crippen LogP) is 4.16. The van der Waals surface area contributed by atoms with E-state index >= 15 is 0 Å². The van der Waals surface area contributed by atoms with E-state index < -0.39 is 0 Å². The zero-order valence-electron chi connectivity index (χ0n) is 16.6. The number of imidazole rings is 1. The van der Waals surface area contributed by atoms with E-state index in [2.05, 4.69) is 53.1 Å². The van der Waals surface area contributed by atoms with Gasteiger partial charge in [0.2, 0.25) is 0 Å². The van der Waals surface area contributed by atoms with E-state index in [1.54, 1.807) is 0 Å². The first kappa shape index (κ1) is 18.5. The molecule has 0 amide bonds. The van der Waals surface area contributed by atoms with Gasteiger partial charge in [0.05, 0.1) is 11.8 Å². The lowest BCUT2D eigenvalue weighted by Gasteiger charge is -2.32. The van der Waals surface area contributed by atoms with Gasteiger partial charge in [-0.25, -0.2) is 4.98 Å². The predicted molar refractivity (Wildman–Crippen MR) is 116 cm³/mol. The summed E-state index contributed by atoms with van der Waals surface area (Å²) in [5.74, 6) is 3.40. The summed E-state index contributed by atoms with van der Waals surface area (Å²) in [5, 5.41) is 0. The number of hydrogen-bond acceptors (Lipinski definition) is 4. The van der Waals surface area contributed by atoms with E-state index in [9.17, 15) is 0 Å². The van der Waals surface area contributed by atoms with E-state index in [1.165, 1.54) is 22.5 Å². The third-order valence-electron chi connectivity index (χ3n) is 6.29. The minimum atomic E-state index is -0.0561. The molecule has 0 N–H and O–H groups in total. The third kappa shape index (κ3) is 3.68. The van der Waals surface area contributed by atoms with Crippen LogP contribution in [0.1, 0.15) is 48.0 Å². The van der Waals surface area contributed by atoms with Crippen LogP contribution in [-0.2, 0) is 17.7 Å². The van der Waals surface area contributed by atoms with Crippen LogP contribution in [-0.4, -0.2) is 52.2 Å². The van der Waals surface area contributed by atoms with E-state index in [0.29, 0.717) is 6.10 Å². The molecule has 3 aliphatic heterocycles. The van der Waals surface area contributed by atoms with Gasteiger partial charge in [-0.15, -0.1) is 0 Å². The molecule has 5 heteroatoms. The first-order valence-corrected chi connectivity index (χ1v) is 11.7. The number of ether oxygens (including phenoxy) is 1. The molecule has 4 nitrogen and oxygen atoms in total. The highest BCUT2D eigenvalue weighted by Gasteiger charge is 2.31. The van der Waals surface area contributed by atoms with Crippen LogP contribution in [0.4, 0.5) is 0 Å². The number of likely N-dealkylation sites (tertiary alicyclic amines) is 1. The van der Waals surface area contributed by atoms with Gasteiger partial charge < -0.3 is 14.2 Å².